The van der Waals surface area contributed by atoms with Crippen molar-refractivity contribution in [2.75, 3.05) is 37.9 Å². The van der Waals surface area contributed by atoms with Crippen molar-refractivity contribution in [2.24, 2.45) is 0 Å². The second-order valence-electron chi connectivity index (χ2n) is 8.27. The van der Waals surface area contributed by atoms with Crippen LogP contribution in [0.15, 0.2) is 97.1 Å². The van der Waals surface area contributed by atoms with Gasteiger partial charge < -0.3 is 30.4 Å². The molecule has 0 radical (unpaired) electrons. The predicted molar refractivity (Wildman–Crippen MR) is 145 cm³/mol. The number of nitrogens with two attached hydrogens (primary N) is 2. The zero-order chi connectivity index (χ0) is 26.7. The minimum atomic E-state index is -0.442. The van der Waals surface area contributed by atoms with Gasteiger partial charge in [-0.2, -0.15) is 0 Å². The molecule has 0 saturated carbocycles. The Hall–Kier alpha value is -4.98. The first-order chi connectivity index (χ1) is 18.5. The molecule has 0 unspecified atom stereocenters. The van der Waals surface area contributed by atoms with Crippen molar-refractivity contribution in [2.45, 2.75) is 0 Å². The number of benzene rings is 4. The van der Waals surface area contributed by atoms with Gasteiger partial charge in [0.15, 0.2) is 0 Å². The maximum Gasteiger partial charge on any atom is 0.338 e. The molecule has 194 valence electrons. The van der Waals surface area contributed by atoms with Crippen molar-refractivity contribution in [3.8, 4) is 22.6 Å². The van der Waals surface area contributed by atoms with Crippen LogP contribution in [0.5, 0.6) is 11.5 Å². The molecule has 0 amide bonds. The summed E-state index contributed by atoms with van der Waals surface area (Å²) in [5.74, 6) is 0.452. The molecule has 0 aromatic heterocycles. The monoisotopic (exact) mass is 512 g/mol. The van der Waals surface area contributed by atoms with E-state index in [1.807, 2.05) is 48.5 Å². The van der Waals surface area contributed by atoms with Crippen LogP contribution in [0.2, 0.25) is 0 Å². The van der Waals surface area contributed by atoms with Crippen molar-refractivity contribution < 1.29 is 28.5 Å². The first-order valence-corrected chi connectivity index (χ1v) is 12.0. The summed E-state index contributed by atoms with van der Waals surface area (Å²) in [6.07, 6.45) is 0. The number of hydrogen-bond acceptors (Lipinski definition) is 8. The summed E-state index contributed by atoms with van der Waals surface area (Å²) in [6.45, 7) is 0.705. The van der Waals surface area contributed by atoms with Gasteiger partial charge in [0.05, 0.1) is 11.1 Å². The SMILES string of the molecule is Nc1cccc(C(=O)OCCOc2ccc(-c3ccc(OCCOC(=O)c4cccc(N)c4)cc3)cc2)c1. The van der Waals surface area contributed by atoms with Crippen LogP contribution >= 0.6 is 0 Å². The van der Waals surface area contributed by atoms with Crippen molar-refractivity contribution in [3.05, 3.63) is 108 Å². The Bertz CT molecular complexity index is 1260. The van der Waals surface area contributed by atoms with E-state index in [0.717, 1.165) is 11.1 Å². The normalized spacial score (nSPS) is 10.4. The summed E-state index contributed by atoms with van der Waals surface area (Å²) >= 11 is 0. The maximum atomic E-state index is 12.0. The Labute approximate surface area is 220 Å². The molecule has 0 aliphatic heterocycles. The second-order valence-corrected chi connectivity index (χ2v) is 8.27. The van der Waals surface area contributed by atoms with Crippen LogP contribution in [0.3, 0.4) is 0 Å². The lowest BCUT2D eigenvalue weighted by molar-refractivity contribution is 0.0443. The highest BCUT2D eigenvalue weighted by Gasteiger charge is 2.08. The fraction of sp³-hybridized carbons (Fsp3) is 0.133. The van der Waals surface area contributed by atoms with E-state index in [0.29, 0.717) is 34.0 Å². The molecule has 0 spiro atoms. The van der Waals surface area contributed by atoms with Crippen LogP contribution in [0.1, 0.15) is 20.7 Å². The van der Waals surface area contributed by atoms with E-state index >= 15 is 0 Å². The number of carbonyl (C=O) groups excluding carboxylic acids is 2. The quantitative estimate of drug-likeness (QED) is 0.164. The van der Waals surface area contributed by atoms with Crippen molar-refractivity contribution in [1.29, 1.82) is 0 Å². The van der Waals surface area contributed by atoms with E-state index in [1.165, 1.54) is 0 Å². The lowest BCUT2D eigenvalue weighted by Crippen LogP contribution is -2.12. The fourth-order valence-corrected chi connectivity index (χ4v) is 3.57. The van der Waals surface area contributed by atoms with E-state index in [2.05, 4.69) is 0 Å². The highest BCUT2D eigenvalue weighted by atomic mass is 16.6. The van der Waals surface area contributed by atoms with Crippen LogP contribution in [0.4, 0.5) is 11.4 Å². The summed E-state index contributed by atoms with van der Waals surface area (Å²) < 4.78 is 21.8. The molecule has 4 aromatic carbocycles. The van der Waals surface area contributed by atoms with Gasteiger partial charge in [-0.15, -0.1) is 0 Å². The zero-order valence-electron chi connectivity index (χ0n) is 20.7. The molecule has 4 N–H and O–H groups in total. The Morgan fingerprint density at radius 1 is 0.526 bits per heavy atom. The van der Waals surface area contributed by atoms with Gasteiger partial charge in [-0.05, 0) is 71.8 Å². The Kier molecular flexibility index (Phi) is 8.80. The van der Waals surface area contributed by atoms with E-state index < -0.39 is 11.9 Å². The topological polar surface area (TPSA) is 123 Å². The van der Waals surface area contributed by atoms with Crippen LogP contribution in [-0.4, -0.2) is 38.4 Å². The fourth-order valence-electron chi connectivity index (χ4n) is 3.57. The van der Waals surface area contributed by atoms with E-state index in [-0.39, 0.29) is 26.4 Å². The third-order valence-corrected chi connectivity index (χ3v) is 5.46. The molecule has 0 heterocycles. The van der Waals surface area contributed by atoms with Crippen molar-refractivity contribution >= 4 is 23.3 Å². The predicted octanol–water partition coefficient (Wildman–Crippen LogP) is 4.99. The Morgan fingerprint density at radius 2 is 0.921 bits per heavy atom. The lowest BCUT2D eigenvalue weighted by Gasteiger charge is -2.10. The first kappa shape index (κ1) is 26.1. The number of hydrogen-bond donors (Lipinski definition) is 2. The molecule has 0 saturated heterocycles. The summed E-state index contributed by atoms with van der Waals surface area (Å²) in [5.41, 5.74) is 15.2. The first-order valence-electron chi connectivity index (χ1n) is 12.0. The molecule has 4 aromatic rings. The van der Waals surface area contributed by atoms with Gasteiger partial charge in [-0.3, -0.25) is 0 Å². The third-order valence-electron chi connectivity index (χ3n) is 5.46. The van der Waals surface area contributed by atoms with Crippen molar-refractivity contribution in [3.63, 3.8) is 0 Å². The number of nitrogen functional groups attached to an aromatic ring is 2. The summed E-state index contributed by atoms with van der Waals surface area (Å²) in [7, 11) is 0. The van der Waals surface area contributed by atoms with Crippen molar-refractivity contribution in [1.82, 2.24) is 0 Å². The number of ether oxygens (including phenoxy) is 4. The van der Waals surface area contributed by atoms with E-state index in [4.69, 9.17) is 30.4 Å². The minimum Gasteiger partial charge on any atom is -0.490 e. The van der Waals surface area contributed by atoms with Crippen LogP contribution in [-0.2, 0) is 9.47 Å². The average Bonchev–Trinajstić information content (AvgIpc) is 2.94. The molecule has 0 fully saturated rings. The Morgan fingerprint density at radius 3 is 1.29 bits per heavy atom. The molecule has 0 aliphatic rings. The molecule has 8 nitrogen and oxygen atoms in total. The van der Waals surface area contributed by atoms with Gasteiger partial charge in [-0.1, -0.05) is 36.4 Å². The van der Waals surface area contributed by atoms with Crippen LogP contribution in [0, 0.1) is 0 Å². The zero-order valence-corrected chi connectivity index (χ0v) is 20.7. The average molecular weight is 513 g/mol. The molecule has 38 heavy (non-hydrogen) atoms. The molecule has 0 atom stereocenters. The molecule has 8 heteroatoms. The lowest BCUT2D eigenvalue weighted by atomic mass is 10.1. The summed E-state index contributed by atoms with van der Waals surface area (Å²) in [6, 6.07) is 28.5. The molecule has 0 aliphatic carbocycles. The molecule has 0 bridgehead atoms. The number of rotatable bonds is 11. The number of esters is 2. The second kappa shape index (κ2) is 12.8. The van der Waals surface area contributed by atoms with E-state index in [1.54, 1.807) is 48.5 Å². The summed E-state index contributed by atoms with van der Waals surface area (Å²) in [5, 5.41) is 0. The van der Waals surface area contributed by atoms with Crippen LogP contribution < -0.4 is 20.9 Å². The highest BCUT2D eigenvalue weighted by molar-refractivity contribution is 5.90. The van der Waals surface area contributed by atoms with Gasteiger partial charge >= 0.3 is 11.9 Å². The standard InChI is InChI=1S/C30H28N2O6/c31-25-5-1-3-23(19-25)29(33)37-17-15-35-27-11-7-21(8-12-27)22-9-13-28(14-10-22)36-16-18-38-30(34)24-4-2-6-26(32)20-24/h1-14,19-20H,15-18,31-32H2. The van der Waals surface area contributed by atoms with Gasteiger partial charge in [0.1, 0.15) is 37.9 Å². The van der Waals surface area contributed by atoms with Gasteiger partial charge in [-0.25, -0.2) is 9.59 Å². The highest BCUT2D eigenvalue weighted by Crippen LogP contribution is 2.24. The minimum absolute atomic E-state index is 0.122. The van der Waals surface area contributed by atoms with E-state index in [9.17, 15) is 9.59 Å². The largest absolute Gasteiger partial charge is 0.490 e. The molecular weight excluding hydrogens is 484 g/mol. The maximum absolute atomic E-state index is 12.0. The van der Waals surface area contributed by atoms with Crippen LogP contribution in [0.25, 0.3) is 11.1 Å². The number of carbonyl (C=O) groups is 2. The van der Waals surface area contributed by atoms with Gasteiger partial charge in [0.25, 0.3) is 0 Å². The third kappa shape index (κ3) is 7.51. The summed E-state index contributed by atoms with van der Waals surface area (Å²) in [4.78, 5) is 24.1. The van der Waals surface area contributed by atoms with Gasteiger partial charge in [0, 0.05) is 11.4 Å². The molecular formula is C30H28N2O6. The Balaban J connectivity index is 1.17. The number of anilines is 2. The smallest absolute Gasteiger partial charge is 0.338 e. The molecule has 4 rings (SSSR count). The van der Waals surface area contributed by atoms with Gasteiger partial charge in [0.2, 0.25) is 0 Å².